The molecule has 2 rings (SSSR count). The van der Waals surface area contributed by atoms with Gasteiger partial charge in [0.2, 0.25) is 0 Å². The maximum atomic E-state index is 12.1. The number of hydrogen-bond donors (Lipinski definition) is 1. The monoisotopic (exact) mass is 258 g/mol. The van der Waals surface area contributed by atoms with E-state index in [4.69, 9.17) is 5.11 Å². The third-order valence-corrected chi connectivity index (χ3v) is 3.76. The molecule has 2 nitrogen and oxygen atoms in total. The summed E-state index contributed by atoms with van der Waals surface area (Å²) in [6, 6.07) is 6.80. The number of halogens is 2. The molecule has 0 aliphatic heterocycles. The van der Waals surface area contributed by atoms with E-state index in [2.05, 4.69) is 0 Å². The Hall–Kier alpha value is -1.10. The van der Waals surface area contributed by atoms with Crippen LogP contribution in [0.4, 0.5) is 8.78 Å². The number of benzene rings is 1. The zero-order valence-corrected chi connectivity index (χ0v) is 9.84. The molecule has 1 aliphatic rings. The first-order valence-electron chi connectivity index (χ1n) is 5.29. The molecule has 17 heavy (non-hydrogen) atoms. The fourth-order valence-electron chi connectivity index (χ4n) is 2.00. The number of carboxylic acids is 1. The Bertz CT molecular complexity index is 413. The number of hydrogen-bond acceptors (Lipinski definition) is 2. The van der Waals surface area contributed by atoms with Crippen molar-refractivity contribution in [2.45, 2.75) is 35.3 Å². The first-order valence-corrected chi connectivity index (χ1v) is 6.17. The molecule has 1 saturated carbocycles. The van der Waals surface area contributed by atoms with Crippen LogP contribution in [0, 0.1) is 0 Å². The molecule has 0 bridgehead atoms. The minimum atomic E-state index is -2.42. The van der Waals surface area contributed by atoms with Gasteiger partial charge in [-0.05, 0) is 30.5 Å². The van der Waals surface area contributed by atoms with E-state index in [1.807, 2.05) is 0 Å². The molecule has 1 N–H and O–H groups in total. The molecule has 1 aromatic rings. The average molecular weight is 258 g/mol. The van der Waals surface area contributed by atoms with Gasteiger partial charge in [0.25, 0.3) is 5.76 Å². The molecule has 0 amide bonds. The van der Waals surface area contributed by atoms with Gasteiger partial charge in [-0.3, -0.25) is 4.79 Å². The maximum absolute atomic E-state index is 12.1. The highest BCUT2D eigenvalue weighted by molar-refractivity contribution is 7.99. The second kappa shape index (κ2) is 4.64. The van der Waals surface area contributed by atoms with E-state index in [9.17, 15) is 13.6 Å². The maximum Gasteiger partial charge on any atom is 0.304 e. The van der Waals surface area contributed by atoms with Crippen molar-refractivity contribution < 1.29 is 18.7 Å². The summed E-state index contributed by atoms with van der Waals surface area (Å²) in [5.74, 6) is -3.23. The van der Waals surface area contributed by atoms with E-state index in [0.717, 1.165) is 18.4 Å². The molecule has 0 unspecified atom stereocenters. The zero-order chi connectivity index (χ0) is 12.5. The summed E-state index contributed by atoms with van der Waals surface area (Å²) < 4.78 is 24.2. The molecule has 92 valence electrons. The topological polar surface area (TPSA) is 37.3 Å². The lowest BCUT2D eigenvalue weighted by Crippen LogP contribution is -2.12. The summed E-state index contributed by atoms with van der Waals surface area (Å²) in [7, 11) is 0. The first-order chi connectivity index (χ1) is 8.02. The molecule has 0 atom stereocenters. The molecule has 0 saturated heterocycles. The zero-order valence-electron chi connectivity index (χ0n) is 9.03. The second-order valence-electron chi connectivity index (χ2n) is 4.25. The summed E-state index contributed by atoms with van der Waals surface area (Å²) in [4.78, 5) is 11.2. The van der Waals surface area contributed by atoms with Crippen LogP contribution in [-0.4, -0.2) is 16.8 Å². The van der Waals surface area contributed by atoms with Gasteiger partial charge in [0, 0.05) is 10.3 Å². The fraction of sp³-hybridized carbons (Fsp3) is 0.417. The Morgan fingerprint density at radius 3 is 2.35 bits per heavy atom. The van der Waals surface area contributed by atoms with Crippen LogP contribution in [0.2, 0.25) is 0 Å². The summed E-state index contributed by atoms with van der Waals surface area (Å²) >= 11 is 0.502. The third kappa shape index (κ3) is 2.97. The molecule has 0 heterocycles. The predicted molar refractivity (Wildman–Crippen MR) is 61.5 cm³/mol. The summed E-state index contributed by atoms with van der Waals surface area (Å²) in [5.41, 5.74) is 0.693. The van der Waals surface area contributed by atoms with Crippen molar-refractivity contribution in [1.29, 1.82) is 0 Å². The van der Waals surface area contributed by atoms with Gasteiger partial charge in [-0.25, -0.2) is 0 Å². The second-order valence-corrected chi connectivity index (χ2v) is 5.32. The number of rotatable bonds is 5. The van der Waals surface area contributed by atoms with Crippen molar-refractivity contribution in [2.75, 3.05) is 0 Å². The quantitative estimate of drug-likeness (QED) is 0.821. The lowest BCUT2D eigenvalue weighted by molar-refractivity contribution is -0.137. The van der Waals surface area contributed by atoms with E-state index < -0.39 is 11.7 Å². The standard InChI is InChI=1S/C12H12F2O2S/c13-11(14)17-9-3-1-8(2-4-9)12(5-6-12)7-10(15)16/h1-4,11H,5-7H2,(H,15,16). The highest BCUT2D eigenvalue weighted by Gasteiger charge is 2.45. The lowest BCUT2D eigenvalue weighted by Gasteiger charge is -2.13. The smallest absolute Gasteiger partial charge is 0.304 e. The number of carboxylic acid groups (broad SMARTS) is 1. The SMILES string of the molecule is O=C(O)CC1(c2ccc(SC(F)F)cc2)CC1. The van der Waals surface area contributed by atoms with Gasteiger partial charge in [-0.15, -0.1) is 0 Å². The number of carbonyl (C=O) groups is 1. The first kappa shape index (κ1) is 12.4. The van der Waals surface area contributed by atoms with Crippen LogP contribution in [0.3, 0.4) is 0 Å². The summed E-state index contributed by atoms with van der Waals surface area (Å²) in [5, 5.41) is 8.82. The van der Waals surface area contributed by atoms with Gasteiger partial charge in [-0.1, -0.05) is 23.9 Å². The largest absolute Gasteiger partial charge is 0.481 e. The van der Waals surface area contributed by atoms with E-state index in [0.29, 0.717) is 16.7 Å². The van der Waals surface area contributed by atoms with Crippen molar-refractivity contribution in [3.8, 4) is 0 Å². The van der Waals surface area contributed by atoms with Crippen molar-refractivity contribution in [1.82, 2.24) is 0 Å². The van der Waals surface area contributed by atoms with Gasteiger partial charge < -0.3 is 5.11 Å². The van der Waals surface area contributed by atoms with Gasteiger partial charge in [-0.2, -0.15) is 8.78 Å². The molecule has 0 spiro atoms. The highest BCUT2D eigenvalue weighted by atomic mass is 32.2. The Kier molecular flexibility index (Phi) is 3.38. The number of thioether (sulfide) groups is 1. The van der Waals surface area contributed by atoms with Crippen molar-refractivity contribution >= 4 is 17.7 Å². The van der Waals surface area contributed by atoms with Gasteiger partial charge >= 0.3 is 5.97 Å². The molecule has 1 aromatic carbocycles. The summed E-state index contributed by atoms with van der Waals surface area (Å²) in [6.07, 6.45) is 1.84. The van der Waals surface area contributed by atoms with Crippen molar-refractivity contribution in [2.24, 2.45) is 0 Å². The van der Waals surface area contributed by atoms with E-state index in [1.165, 1.54) is 0 Å². The van der Waals surface area contributed by atoms with E-state index in [1.54, 1.807) is 24.3 Å². The minimum absolute atomic E-state index is 0.119. The fourth-order valence-corrected chi connectivity index (χ4v) is 2.50. The Balaban J connectivity index is 2.10. The molecule has 1 fully saturated rings. The molecule has 0 aromatic heterocycles. The lowest BCUT2D eigenvalue weighted by atomic mass is 9.93. The van der Waals surface area contributed by atoms with Crippen LogP contribution in [0.25, 0.3) is 0 Å². The third-order valence-electron chi connectivity index (χ3n) is 3.04. The molecule has 0 radical (unpaired) electrons. The van der Waals surface area contributed by atoms with Crippen LogP contribution in [-0.2, 0) is 10.2 Å². The van der Waals surface area contributed by atoms with Crippen LogP contribution >= 0.6 is 11.8 Å². The minimum Gasteiger partial charge on any atom is -0.481 e. The Morgan fingerprint density at radius 1 is 1.35 bits per heavy atom. The van der Waals surface area contributed by atoms with Crippen molar-refractivity contribution in [3.63, 3.8) is 0 Å². The van der Waals surface area contributed by atoms with Gasteiger partial charge in [0.1, 0.15) is 0 Å². The van der Waals surface area contributed by atoms with E-state index >= 15 is 0 Å². The molecular formula is C12H12F2O2S. The highest BCUT2D eigenvalue weighted by Crippen LogP contribution is 2.51. The number of alkyl halides is 2. The van der Waals surface area contributed by atoms with Gasteiger partial charge in [0.15, 0.2) is 0 Å². The average Bonchev–Trinajstić information content (AvgIpc) is 2.98. The van der Waals surface area contributed by atoms with Crippen LogP contribution < -0.4 is 0 Å². The van der Waals surface area contributed by atoms with Gasteiger partial charge in [0.05, 0.1) is 6.42 Å². The normalized spacial score (nSPS) is 17.1. The van der Waals surface area contributed by atoms with Crippen LogP contribution in [0.1, 0.15) is 24.8 Å². The van der Waals surface area contributed by atoms with Crippen LogP contribution in [0.15, 0.2) is 29.2 Å². The Morgan fingerprint density at radius 2 is 1.94 bits per heavy atom. The molecular weight excluding hydrogens is 246 g/mol. The molecule has 5 heteroatoms. The van der Waals surface area contributed by atoms with Crippen LogP contribution in [0.5, 0.6) is 0 Å². The van der Waals surface area contributed by atoms with Crippen molar-refractivity contribution in [3.05, 3.63) is 29.8 Å². The van der Waals surface area contributed by atoms with E-state index in [-0.39, 0.29) is 11.8 Å². The Labute approximate surface area is 102 Å². The summed E-state index contributed by atoms with van der Waals surface area (Å²) in [6.45, 7) is 0. The predicted octanol–water partition coefficient (Wildman–Crippen LogP) is 3.51. The molecule has 1 aliphatic carbocycles. The number of aliphatic carboxylic acids is 1.